The Labute approximate surface area is 241 Å². The van der Waals surface area contributed by atoms with Crippen LogP contribution in [-0.4, -0.2) is 60.2 Å². The maximum absolute atomic E-state index is 13.8. The first-order chi connectivity index (χ1) is 19.0. The summed E-state index contributed by atoms with van der Waals surface area (Å²) in [7, 11) is 1.58. The normalized spacial score (nSPS) is 17.2. The van der Waals surface area contributed by atoms with Gasteiger partial charge in [-0.3, -0.25) is 15.0 Å². The monoisotopic (exact) mass is 570 g/mol. The first-order valence-electron chi connectivity index (χ1n) is 13.3. The molecule has 3 amide bonds. The highest BCUT2D eigenvalue weighted by molar-refractivity contribution is 6.30. The number of carbonyl (C=O) groups is 3. The van der Waals surface area contributed by atoms with E-state index in [9.17, 15) is 14.4 Å². The number of ether oxygens (including phenoxy) is 2. The van der Waals surface area contributed by atoms with E-state index in [0.717, 1.165) is 24.0 Å². The van der Waals surface area contributed by atoms with Crippen molar-refractivity contribution < 1.29 is 23.9 Å². The van der Waals surface area contributed by atoms with Crippen molar-refractivity contribution in [1.29, 1.82) is 0 Å². The topological polar surface area (TPSA) is 114 Å². The molecular weight excluding hydrogens is 532 g/mol. The molecule has 1 fully saturated rings. The van der Waals surface area contributed by atoms with Gasteiger partial charge in [0.05, 0.1) is 25.7 Å². The quantitative estimate of drug-likeness (QED) is 0.247. The van der Waals surface area contributed by atoms with Crippen LogP contribution in [0.25, 0.3) is 0 Å². The van der Waals surface area contributed by atoms with Crippen LogP contribution in [0.2, 0.25) is 5.02 Å². The van der Waals surface area contributed by atoms with E-state index in [1.807, 2.05) is 55.5 Å². The van der Waals surface area contributed by atoms with E-state index < -0.39 is 17.4 Å². The van der Waals surface area contributed by atoms with Gasteiger partial charge in [-0.15, -0.1) is 0 Å². The number of benzene rings is 2. The Kier molecular flexibility index (Phi) is 11.0. The lowest BCUT2D eigenvalue weighted by Crippen LogP contribution is -2.55. The molecule has 0 aromatic heterocycles. The summed E-state index contributed by atoms with van der Waals surface area (Å²) in [5.74, 6) is -0.119. The number of halogens is 1. The molecule has 1 aliphatic rings. The second-order valence-electron chi connectivity index (χ2n) is 10.5. The van der Waals surface area contributed by atoms with Crippen LogP contribution in [0.15, 0.2) is 60.7 Å². The van der Waals surface area contributed by atoms with Gasteiger partial charge in [-0.1, -0.05) is 54.9 Å². The molecule has 2 aromatic carbocycles. The Morgan fingerprint density at radius 1 is 1.23 bits per heavy atom. The Balaban J connectivity index is 1.82. The zero-order valence-electron chi connectivity index (χ0n) is 23.6. The van der Waals surface area contributed by atoms with Crippen LogP contribution in [0, 0.1) is 5.41 Å². The number of methoxy groups -OCH3 is 1. The summed E-state index contributed by atoms with van der Waals surface area (Å²) in [6.07, 6.45) is 6.18. The third-order valence-electron chi connectivity index (χ3n) is 6.76. The van der Waals surface area contributed by atoms with Gasteiger partial charge < -0.3 is 20.1 Å². The maximum Gasteiger partial charge on any atom is 0.339 e. The number of hydrogen-bond donors (Lipinski definition) is 2. The number of hydrazine groups is 1. The highest BCUT2D eigenvalue weighted by atomic mass is 35.5. The maximum atomic E-state index is 13.8. The molecule has 1 saturated heterocycles. The second-order valence-corrected chi connectivity index (χ2v) is 10.9. The number of nitrogens with zero attached hydrogens (tertiary/aromatic N) is 2. The van der Waals surface area contributed by atoms with Gasteiger partial charge in [0, 0.05) is 23.9 Å². The van der Waals surface area contributed by atoms with Crippen LogP contribution in [0.4, 0.5) is 4.79 Å². The fourth-order valence-corrected chi connectivity index (χ4v) is 4.78. The summed E-state index contributed by atoms with van der Waals surface area (Å²) in [4.78, 5) is 39.6. The molecule has 3 atom stereocenters. The third-order valence-corrected chi connectivity index (χ3v) is 6.99. The summed E-state index contributed by atoms with van der Waals surface area (Å²) in [6.45, 7) is 5.84. The van der Waals surface area contributed by atoms with Crippen LogP contribution in [0.3, 0.4) is 0 Å². The molecule has 0 unspecified atom stereocenters. The fourth-order valence-electron chi connectivity index (χ4n) is 4.57. The molecule has 40 heavy (non-hydrogen) atoms. The van der Waals surface area contributed by atoms with Crippen molar-refractivity contribution in [3.05, 3.63) is 76.8 Å². The van der Waals surface area contributed by atoms with Gasteiger partial charge >= 0.3 is 12.0 Å². The van der Waals surface area contributed by atoms with Gasteiger partial charge in [0.25, 0.3) is 5.91 Å². The van der Waals surface area contributed by atoms with Gasteiger partial charge in [-0.25, -0.2) is 9.80 Å². The number of likely N-dealkylation sites (tertiary alicyclic amines) is 1. The molecule has 10 heteroatoms. The summed E-state index contributed by atoms with van der Waals surface area (Å²) in [6, 6.07) is 13.6. The third kappa shape index (κ3) is 8.99. The number of hydrogen-bond acceptors (Lipinski definition) is 6. The molecule has 216 valence electrons. The highest BCUT2D eigenvalue weighted by Gasteiger charge is 2.33. The van der Waals surface area contributed by atoms with E-state index in [1.54, 1.807) is 31.1 Å². The van der Waals surface area contributed by atoms with Gasteiger partial charge in [-0.2, -0.15) is 0 Å². The summed E-state index contributed by atoms with van der Waals surface area (Å²) < 4.78 is 10.6. The van der Waals surface area contributed by atoms with E-state index in [4.69, 9.17) is 26.8 Å². The number of urea groups is 1. The summed E-state index contributed by atoms with van der Waals surface area (Å²) in [5, 5.41) is 1.94. The number of rotatable bonds is 10. The zero-order chi connectivity index (χ0) is 29.3. The van der Waals surface area contributed by atoms with Crippen molar-refractivity contribution in [3.63, 3.8) is 0 Å². The van der Waals surface area contributed by atoms with Crippen LogP contribution < -0.4 is 15.9 Å². The van der Waals surface area contributed by atoms with Crippen molar-refractivity contribution in [3.8, 4) is 5.75 Å². The van der Waals surface area contributed by atoms with Gasteiger partial charge in [0.2, 0.25) is 0 Å². The number of amides is 3. The molecule has 1 aliphatic heterocycles. The largest absolute Gasteiger partial charge is 0.497 e. The molecule has 9 nitrogen and oxygen atoms in total. The predicted octanol–water partition coefficient (Wildman–Crippen LogP) is 4.48. The first kappa shape index (κ1) is 31.0. The standard InChI is InChI=1S/C30H39ClN4O5/c1-21(32)28(37)33-35(19-23-10-12-27(39-4)13-11-23)29(38)34-16-6-9-26(34)14-15-30(3,20-40-22(2)36)18-24-7-5-8-25(31)17-24/h5,7-8,10-15,17,21,26H,6,9,16,18-20,32H2,1-4H3,(H,33,37)/b15-14+/t21-,26-,30-/m0/s1. The van der Waals surface area contributed by atoms with Crippen LogP contribution in [-0.2, 0) is 27.3 Å². The van der Waals surface area contributed by atoms with Crippen molar-refractivity contribution in [2.24, 2.45) is 11.1 Å². The molecule has 0 aliphatic carbocycles. The van der Waals surface area contributed by atoms with Crippen molar-refractivity contribution >= 4 is 29.5 Å². The Hall–Kier alpha value is -3.56. The average molecular weight is 571 g/mol. The number of nitrogens with two attached hydrogens (primary N) is 1. The van der Waals surface area contributed by atoms with Crippen LogP contribution in [0.5, 0.6) is 5.75 Å². The SMILES string of the molecule is COc1ccc(CN(NC(=O)[C@H](C)N)C(=O)N2CCC[C@H]2/C=C/[C@](C)(COC(C)=O)Cc2cccc(Cl)c2)cc1. The van der Waals surface area contributed by atoms with E-state index in [2.05, 4.69) is 5.43 Å². The summed E-state index contributed by atoms with van der Waals surface area (Å²) >= 11 is 6.20. The molecule has 3 N–H and O–H groups in total. The minimum atomic E-state index is -0.783. The number of nitrogens with one attached hydrogen (secondary N) is 1. The Morgan fingerprint density at radius 3 is 2.58 bits per heavy atom. The van der Waals surface area contributed by atoms with Crippen LogP contribution in [0.1, 0.15) is 44.7 Å². The lowest BCUT2D eigenvalue weighted by atomic mass is 9.83. The number of esters is 1. The molecular formula is C30H39ClN4O5. The molecule has 1 heterocycles. The molecule has 3 rings (SSSR count). The zero-order valence-corrected chi connectivity index (χ0v) is 24.3. The Bertz CT molecular complexity index is 1200. The molecule has 2 aromatic rings. The van der Waals surface area contributed by atoms with Crippen molar-refractivity contribution in [2.75, 3.05) is 20.3 Å². The van der Waals surface area contributed by atoms with E-state index >= 15 is 0 Å². The Morgan fingerprint density at radius 2 is 1.95 bits per heavy atom. The lowest BCUT2D eigenvalue weighted by molar-refractivity contribution is -0.143. The lowest BCUT2D eigenvalue weighted by Gasteiger charge is -2.32. The predicted molar refractivity (Wildman–Crippen MR) is 154 cm³/mol. The smallest absolute Gasteiger partial charge is 0.339 e. The molecule has 0 saturated carbocycles. The van der Waals surface area contributed by atoms with E-state index in [0.29, 0.717) is 23.7 Å². The van der Waals surface area contributed by atoms with Crippen molar-refractivity contribution in [1.82, 2.24) is 15.3 Å². The molecule has 0 spiro atoms. The highest BCUT2D eigenvalue weighted by Crippen LogP contribution is 2.29. The summed E-state index contributed by atoms with van der Waals surface area (Å²) in [5.41, 5.74) is 9.77. The van der Waals surface area contributed by atoms with E-state index in [1.165, 1.54) is 11.9 Å². The first-order valence-corrected chi connectivity index (χ1v) is 13.7. The van der Waals surface area contributed by atoms with Gasteiger partial charge in [0.15, 0.2) is 0 Å². The van der Waals surface area contributed by atoms with Gasteiger partial charge in [0.1, 0.15) is 12.4 Å². The van der Waals surface area contributed by atoms with Crippen molar-refractivity contribution in [2.45, 2.75) is 58.7 Å². The number of carbonyl (C=O) groups excluding carboxylic acids is 3. The minimum Gasteiger partial charge on any atom is -0.497 e. The second kappa shape index (κ2) is 14.2. The molecule has 0 bridgehead atoms. The molecule has 0 radical (unpaired) electrons. The fraction of sp³-hybridized carbons (Fsp3) is 0.433. The van der Waals surface area contributed by atoms with Gasteiger partial charge in [-0.05, 0) is 61.6 Å². The average Bonchev–Trinajstić information content (AvgIpc) is 3.39. The van der Waals surface area contributed by atoms with Crippen LogP contribution >= 0.6 is 11.6 Å². The minimum absolute atomic E-state index is 0.160. The van der Waals surface area contributed by atoms with E-state index in [-0.39, 0.29) is 31.2 Å².